The number of hydrogen-bond donors (Lipinski definition) is 0. The molecule has 1 fully saturated rings. The summed E-state index contributed by atoms with van der Waals surface area (Å²) in [6, 6.07) is 10.4. The molecule has 1 aliphatic carbocycles. The van der Waals surface area contributed by atoms with Crippen LogP contribution < -0.4 is 0 Å². The van der Waals surface area contributed by atoms with E-state index in [2.05, 4.69) is 25.6 Å². The Morgan fingerprint density at radius 3 is 2.37 bits per heavy atom. The minimum atomic E-state index is -0.238. The van der Waals surface area contributed by atoms with E-state index in [-0.39, 0.29) is 5.41 Å². The van der Waals surface area contributed by atoms with E-state index in [1.54, 1.807) is 0 Å². The van der Waals surface area contributed by atoms with Crippen molar-refractivity contribution in [3.05, 3.63) is 48.0 Å². The molecule has 19 heavy (non-hydrogen) atoms. The summed E-state index contributed by atoms with van der Waals surface area (Å²) in [5.74, 6) is 0.380. The first-order valence-corrected chi connectivity index (χ1v) is 7.44. The zero-order valence-electron chi connectivity index (χ0n) is 12.0. The van der Waals surface area contributed by atoms with Crippen molar-refractivity contribution in [2.24, 2.45) is 0 Å². The smallest absolute Gasteiger partial charge is 0.147 e. The van der Waals surface area contributed by atoms with Gasteiger partial charge in [-0.15, -0.1) is 0 Å². The van der Waals surface area contributed by atoms with Crippen molar-refractivity contribution in [2.75, 3.05) is 0 Å². The second kappa shape index (κ2) is 6.18. The third kappa shape index (κ3) is 2.97. The summed E-state index contributed by atoms with van der Waals surface area (Å²) in [6.07, 6.45) is 7.05. The molecule has 1 aromatic rings. The van der Waals surface area contributed by atoms with Crippen LogP contribution in [-0.4, -0.2) is 5.78 Å². The Bertz CT molecular complexity index is 438. The number of Topliss-reactive ketones (excluding diaryl/α,β-unsaturated/α-hetero) is 1. The Kier molecular flexibility index (Phi) is 4.57. The van der Waals surface area contributed by atoms with Gasteiger partial charge in [-0.25, -0.2) is 0 Å². The van der Waals surface area contributed by atoms with Crippen LogP contribution in [-0.2, 0) is 10.2 Å². The maximum atomic E-state index is 12.8. The van der Waals surface area contributed by atoms with E-state index in [1.807, 2.05) is 18.2 Å². The molecule has 1 heteroatoms. The van der Waals surface area contributed by atoms with Crippen molar-refractivity contribution in [3.8, 4) is 0 Å². The Morgan fingerprint density at radius 2 is 1.79 bits per heavy atom. The Hall–Kier alpha value is -1.37. The van der Waals surface area contributed by atoms with Gasteiger partial charge in [-0.05, 0) is 24.8 Å². The van der Waals surface area contributed by atoms with E-state index in [4.69, 9.17) is 0 Å². The summed E-state index contributed by atoms with van der Waals surface area (Å²) in [7, 11) is 0. The minimum absolute atomic E-state index is 0.238. The summed E-state index contributed by atoms with van der Waals surface area (Å²) < 4.78 is 0. The second-order valence-electron chi connectivity index (χ2n) is 5.71. The van der Waals surface area contributed by atoms with Crippen LogP contribution in [0, 0.1) is 0 Å². The highest BCUT2D eigenvalue weighted by Gasteiger charge is 2.40. The van der Waals surface area contributed by atoms with Crippen LogP contribution in [0.25, 0.3) is 0 Å². The molecule has 0 heterocycles. The molecular formula is C18H24O. The van der Waals surface area contributed by atoms with Crippen molar-refractivity contribution in [2.45, 2.75) is 57.3 Å². The van der Waals surface area contributed by atoms with Crippen LogP contribution in [0.4, 0.5) is 0 Å². The zero-order valence-corrected chi connectivity index (χ0v) is 12.0. The summed E-state index contributed by atoms with van der Waals surface area (Å²) in [6.45, 7) is 6.09. The molecule has 1 nitrogen and oxygen atoms in total. The summed E-state index contributed by atoms with van der Waals surface area (Å²) in [5, 5.41) is 0. The van der Waals surface area contributed by atoms with Gasteiger partial charge in [0.2, 0.25) is 0 Å². The highest BCUT2D eigenvalue weighted by atomic mass is 16.1. The highest BCUT2D eigenvalue weighted by Crippen LogP contribution is 2.41. The van der Waals surface area contributed by atoms with Gasteiger partial charge in [0.25, 0.3) is 0 Å². The Labute approximate surface area is 116 Å². The number of carbonyl (C=O) groups is 1. The van der Waals surface area contributed by atoms with Crippen LogP contribution in [0.3, 0.4) is 0 Å². The van der Waals surface area contributed by atoms with Gasteiger partial charge >= 0.3 is 0 Å². The normalized spacial score (nSPS) is 17.9. The van der Waals surface area contributed by atoms with E-state index >= 15 is 0 Å². The lowest BCUT2D eigenvalue weighted by Crippen LogP contribution is -2.38. The van der Waals surface area contributed by atoms with Crippen molar-refractivity contribution < 1.29 is 4.79 Å². The Morgan fingerprint density at radius 1 is 1.16 bits per heavy atom. The molecule has 102 valence electrons. The molecule has 0 unspecified atom stereocenters. The molecular weight excluding hydrogens is 232 g/mol. The number of rotatable bonds is 5. The number of benzene rings is 1. The lowest BCUT2D eigenvalue weighted by molar-refractivity contribution is -0.125. The molecule has 1 aromatic carbocycles. The minimum Gasteiger partial charge on any atom is -0.298 e. The fourth-order valence-corrected chi connectivity index (χ4v) is 3.16. The molecule has 0 spiro atoms. The molecule has 0 atom stereocenters. The van der Waals surface area contributed by atoms with E-state index < -0.39 is 0 Å². The van der Waals surface area contributed by atoms with Gasteiger partial charge in [-0.3, -0.25) is 4.79 Å². The molecule has 0 N–H and O–H groups in total. The van der Waals surface area contributed by atoms with Crippen molar-refractivity contribution >= 4 is 5.78 Å². The third-order valence-electron chi connectivity index (χ3n) is 4.48. The van der Waals surface area contributed by atoms with Gasteiger partial charge in [0.15, 0.2) is 0 Å². The third-order valence-corrected chi connectivity index (χ3v) is 4.48. The van der Waals surface area contributed by atoms with Gasteiger partial charge in [-0.1, -0.05) is 68.7 Å². The molecule has 2 rings (SSSR count). The monoisotopic (exact) mass is 256 g/mol. The van der Waals surface area contributed by atoms with Crippen molar-refractivity contribution in [3.63, 3.8) is 0 Å². The van der Waals surface area contributed by atoms with Gasteiger partial charge in [0.1, 0.15) is 5.78 Å². The average Bonchev–Trinajstić information content (AvgIpc) is 2.48. The zero-order chi connectivity index (χ0) is 13.7. The van der Waals surface area contributed by atoms with Gasteiger partial charge < -0.3 is 0 Å². The average molecular weight is 256 g/mol. The number of allylic oxidation sites excluding steroid dienone is 1. The summed E-state index contributed by atoms with van der Waals surface area (Å²) in [5.41, 5.74) is 2.03. The van der Waals surface area contributed by atoms with Crippen molar-refractivity contribution in [1.29, 1.82) is 0 Å². The fourth-order valence-electron chi connectivity index (χ4n) is 3.16. The first-order chi connectivity index (χ1) is 9.19. The standard InChI is InChI=1S/C18H24O/c1-3-15(2)14-17(19)18(12-8-5-9-13-18)16-10-6-4-7-11-16/h4,6-7,10-11H,2-3,5,8-9,12-14H2,1H3. The second-order valence-corrected chi connectivity index (χ2v) is 5.71. The molecule has 0 saturated heterocycles. The molecule has 1 saturated carbocycles. The van der Waals surface area contributed by atoms with Crippen molar-refractivity contribution in [1.82, 2.24) is 0 Å². The predicted octanol–water partition coefficient (Wildman–Crippen LogP) is 4.81. The van der Waals surface area contributed by atoms with Crippen LogP contribution in [0.1, 0.15) is 57.4 Å². The number of carbonyl (C=O) groups excluding carboxylic acids is 1. The molecule has 1 aliphatic rings. The van der Waals surface area contributed by atoms with Gasteiger partial charge in [0.05, 0.1) is 5.41 Å². The van der Waals surface area contributed by atoms with Crippen LogP contribution >= 0.6 is 0 Å². The predicted molar refractivity (Wildman–Crippen MR) is 80.3 cm³/mol. The molecule has 0 bridgehead atoms. The number of ketones is 1. The first kappa shape index (κ1) is 14.0. The lowest BCUT2D eigenvalue weighted by Gasteiger charge is -2.36. The lowest BCUT2D eigenvalue weighted by atomic mass is 9.65. The molecule has 0 amide bonds. The van der Waals surface area contributed by atoms with Gasteiger partial charge in [0, 0.05) is 6.42 Å². The van der Waals surface area contributed by atoms with E-state index in [9.17, 15) is 4.79 Å². The Balaban J connectivity index is 2.29. The molecule has 0 aromatic heterocycles. The molecule has 0 aliphatic heterocycles. The van der Waals surface area contributed by atoms with Crippen LogP contribution in [0.2, 0.25) is 0 Å². The van der Waals surface area contributed by atoms with Crippen LogP contribution in [0.15, 0.2) is 42.5 Å². The highest BCUT2D eigenvalue weighted by molar-refractivity contribution is 5.91. The molecule has 0 radical (unpaired) electrons. The van der Waals surface area contributed by atoms with Crippen LogP contribution in [0.5, 0.6) is 0 Å². The largest absolute Gasteiger partial charge is 0.298 e. The van der Waals surface area contributed by atoms with E-state index in [1.165, 1.54) is 24.8 Å². The van der Waals surface area contributed by atoms with E-state index in [0.717, 1.165) is 24.8 Å². The topological polar surface area (TPSA) is 17.1 Å². The van der Waals surface area contributed by atoms with Gasteiger partial charge in [-0.2, -0.15) is 0 Å². The summed E-state index contributed by atoms with van der Waals surface area (Å²) >= 11 is 0. The quantitative estimate of drug-likeness (QED) is 0.691. The maximum absolute atomic E-state index is 12.8. The fraction of sp³-hybridized carbons (Fsp3) is 0.500. The summed E-state index contributed by atoms with van der Waals surface area (Å²) in [4.78, 5) is 12.8. The maximum Gasteiger partial charge on any atom is 0.147 e. The first-order valence-electron chi connectivity index (χ1n) is 7.44. The van der Waals surface area contributed by atoms with E-state index in [0.29, 0.717) is 12.2 Å². The number of hydrogen-bond acceptors (Lipinski definition) is 1. The SMILES string of the molecule is C=C(CC)CC(=O)C1(c2ccccc2)CCCCC1.